The average molecular weight is 299 g/mol. The molecule has 0 aliphatic carbocycles. The van der Waals surface area contributed by atoms with Crippen LogP contribution in [0.3, 0.4) is 0 Å². The Hall–Kier alpha value is -1.34. The van der Waals surface area contributed by atoms with E-state index in [4.69, 9.17) is 5.11 Å². The Bertz CT molecular complexity index is 404. The number of rotatable bonds is 4. The zero-order chi connectivity index (χ0) is 15.6. The van der Waals surface area contributed by atoms with E-state index in [1.54, 1.807) is 11.9 Å². The van der Waals surface area contributed by atoms with E-state index in [0.717, 1.165) is 25.9 Å². The van der Waals surface area contributed by atoms with Gasteiger partial charge in [0, 0.05) is 32.6 Å². The number of likely N-dealkylation sites (tertiary alicyclic amines) is 2. The standard InChI is InChI=1S/C14H25N3O4/c1-3-16-6-4-5-10(16)8-15(2)14(21)17-9-11(18)7-12(17)13(19)20/h10-12,18H,3-9H2,1-2H3,(H,19,20)/t10?,11-,12+/m1/s1. The van der Waals surface area contributed by atoms with E-state index >= 15 is 0 Å². The molecule has 7 nitrogen and oxygen atoms in total. The van der Waals surface area contributed by atoms with E-state index < -0.39 is 18.1 Å². The van der Waals surface area contributed by atoms with Gasteiger partial charge in [0.15, 0.2) is 0 Å². The van der Waals surface area contributed by atoms with Gasteiger partial charge in [-0.15, -0.1) is 0 Å². The Morgan fingerprint density at radius 2 is 2.10 bits per heavy atom. The number of urea groups is 1. The largest absolute Gasteiger partial charge is 0.480 e. The van der Waals surface area contributed by atoms with E-state index in [2.05, 4.69) is 11.8 Å². The molecule has 0 radical (unpaired) electrons. The van der Waals surface area contributed by atoms with Gasteiger partial charge in [-0.3, -0.25) is 4.90 Å². The van der Waals surface area contributed by atoms with E-state index in [0.29, 0.717) is 12.6 Å². The van der Waals surface area contributed by atoms with Crippen LogP contribution in [-0.2, 0) is 4.79 Å². The van der Waals surface area contributed by atoms with Crippen molar-refractivity contribution in [2.75, 3.05) is 33.2 Å². The second kappa shape index (κ2) is 6.62. The molecule has 0 spiro atoms. The van der Waals surface area contributed by atoms with Crippen LogP contribution in [0.1, 0.15) is 26.2 Å². The molecule has 7 heteroatoms. The second-order valence-corrected chi connectivity index (χ2v) is 5.98. The highest BCUT2D eigenvalue weighted by atomic mass is 16.4. The molecule has 2 aliphatic rings. The Kier molecular flexibility index (Phi) is 5.05. The fourth-order valence-electron chi connectivity index (χ4n) is 3.39. The molecule has 2 amide bonds. The number of aliphatic hydroxyl groups excluding tert-OH is 1. The first-order valence-electron chi connectivity index (χ1n) is 7.60. The molecule has 2 heterocycles. The van der Waals surface area contributed by atoms with Crippen molar-refractivity contribution in [3.05, 3.63) is 0 Å². The van der Waals surface area contributed by atoms with Gasteiger partial charge in [-0.1, -0.05) is 6.92 Å². The lowest BCUT2D eigenvalue weighted by atomic mass is 10.2. The first kappa shape index (κ1) is 16.0. The minimum Gasteiger partial charge on any atom is -0.480 e. The van der Waals surface area contributed by atoms with Crippen molar-refractivity contribution in [3.63, 3.8) is 0 Å². The van der Waals surface area contributed by atoms with Crippen LogP contribution in [0.5, 0.6) is 0 Å². The maximum atomic E-state index is 12.4. The van der Waals surface area contributed by atoms with Gasteiger partial charge in [0.25, 0.3) is 0 Å². The Morgan fingerprint density at radius 3 is 2.71 bits per heavy atom. The van der Waals surface area contributed by atoms with Crippen LogP contribution in [0, 0.1) is 0 Å². The average Bonchev–Trinajstić information content (AvgIpc) is 3.03. The van der Waals surface area contributed by atoms with Crippen LogP contribution >= 0.6 is 0 Å². The number of aliphatic carboxylic acids is 1. The van der Waals surface area contributed by atoms with E-state index in [9.17, 15) is 14.7 Å². The van der Waals surface area contributed by atoms with Crippen molar-refractivity contribution in [1.82, 2.24) is 14.7 Å². The molecule has 0 bridgehead atoms. The summed E-state index contributed by atoms with van der Waals surface area (Å²) in [5.74, 6) is -1.05. The molecular weight excluding hydrogens is 274 g/mol. The number of β-amino-alcohol motifs (C(OH)–C–C–N with tert-alkyl or cyclic N) is 1. The number of carboxylic acids is 1. The third-order valence-corrected chi connectivity index (χ3v) is 4.53. The topological polar surface area (TPSA) is 84.3 Å². The van der Waals surface area contributed by atoms with Gasteiger partial charge < -0.3 is 20.0 Å². The van der Waals surface area contributed by atoms with Crippen LogP contribution < -0.4 is 0 Å². The molecule has 0 aromatic rings. The van der Waals surface area contributed by atoms with Crippen molar-refractivity contribution >= 4 is 12.0 Å². The van der Waals surface area contributed by atoms with Gasteiger partial charge in [-0.2, -0.15) is 0 Å². The predicted molar refractivity (Wildman–Crippen MR) is 77.0 cm³/mol. The van der Waals surface area contributed by atoms with Crippen LogP contribution in [0.2, 0.25) is 0 Å². The van der Waals surface area contributed by atoms with Gasteiger partial charge >= 0.3 is 12.0 Å². The summed E-state index contributed by atoms with van der Waals surface area (Å²) < 4.78 is 0. The number of nitrogens with zero attached hydrogens (tertiary/aromatic N) is 3. The molecule has 0 aromatic heterocycles. The predicted octanol–water partition coefficient (Wildman–Crippen LogP) is 0.0423. The summed E-state index contributed by atoms with van der Waals surface area (Å²) >= 11 is 0. The molecule has 0 saturated carbocycles. The smallest absolute Gasteiger partial charge is 0.326 e. The summed E-state index contributed by atoms with van der Waals surface area (Å²) in [7, 11) is 1.71. The first-order chi connectivity index (χ1) is 9.93. The summed E-state index contributed by atoms with van der Waals surface area (Å²) in [6, 6.07) is -0.873. The van der Waals surface area contributed by atoms with Crippen LogP contribution in [0.4, 0.5) is 4.79 Å². The normalized spacial score (nSPS) is 29.9. The lowest BCUT2D eigenvalue weighted by Gasteiger charge is -2.31. The third kappa shape index (κ3) is 3.47. The number of likely N-dealkylation sites (N-methyl/N-ethyl adjacent to an activating group) is 2. The van der Waals surface area contributed by atoms with Crippen molar-refractivity contribution in [3.8, 4) is 0 Å². The summed E-state index contributed by atoms with van der Waals surface area (Å²) in [6.45, 7) is 4.83. The molecule has 2 rings (SSSR count). The Balaban J connectivity index is 1.97. The quantitative estimate of drug-likeness (QED) is 0.766. The molecule has 3 atom stereocenters. The highest BCUT2D eigenvalue weighted by Gasteiger charge is 2.40. The summed E-state index contributed by atoms with van der Waals surface area (Å²) in [5, 5.41) is 18.8. The first-order valence-corrected chi connectivity index (χ1v) is 7.60. The number of carboxylic acid groups (broad SMARTS) is 1. The van der Waals surface area contributed by atoms with Crippen LogP contribution in [0.25, 0.3) is 0 Å². The molecule has 0 aromatic carbocycles. The fraction of sp³-hybridized carbons (Fsp3) is 0.857. The maximum Gasteiger partial charge on any atom is 0.326 e. The van der Waals surface area contributed by atoms with Gasteiger partial charge in [0.1, 0.15) is 6.04 Å². The van der Waals surface area contributed by atoms with Crippen LogP contribution in [-0.4, -0.2) is 88.3 Å². The Morgan fingerprint density at radius 1 is 1.38 bits per heavy atom. The third-order valence-electron chi connectivity index (χ3n) is 4.53. The molecular formula is C14H25N3O4. The number of hydrogen-bond donors (Lipinski definition) is 2. The van der Waals surface area contributed by atoms with Gasteiger partial charge in [-0.05, 0) is 25.9 Å². The molecule has 2 aliphatic heterocycles. The fourth-order valence-corrected chi connectivity index (χ4v) is 3.39. The zero-order valence-electron chi connectivity index (χ0n) is 12.7. The number of carbonyl (C=O) groups is 2. The molecule has 2 saturated heterocycles. The minimum atomic E-state index is -1.05. The van der Waals surface area contributed by atoms with Gasteiger partial charge in [0.2, 0.25) is 0 Å². The van der Waals surface area contributed by atoms with Gasteiger partial charge in [0.05, 0.1) is 6.10 Å². The number of amides is 2. The summed E-state index contributed by atoms with van der Waals surface area (Å²) in [5.41, 5.74) is 0. The van der Waals surface area contributed by atoms with E-state index in [1.165, 1.54) is 4.90 Å². The van der Waals surface area contributed by atoms with Crippen molar-refractivity contribution < 1.29 is 19.8 Å². The lowest BCUT2D eigenvalue weighted by Crippen LogP contribution is -2.50. The minimum absolute atomic E-state index is 0.0995. The number of hydrogen-bond acceptors (Lipinski definition) is 4. The summed E-state index contributed by atoms with van der Waals surface area (Å²) in [4.78, 5) is 28.9. The highest BCUT2D eigenvalue weighted by molar-refractivity contribution is 5.83. The monoisotopic (exact) mass is 299 g/mol. The van der Waals surface area contributed by atoms with E-state index in [1.807, 2.05) is 0 Å². The van der Waals surface area contributed by atoms with Crippen molar-refractivity contribution in [2.45, 2.75) is 44.4 Å². The molecule has 21 heavy (non-hydrogen) atoms. The van der Waals surface area contributed by atoms with Crippen LogP contribution in [0.15, 0.2) is 0 Å². The maximum absolute atomic E-state index is 12.4. The molecule has 2 fully saturated rings. The second-order valence-electron chi connectivity index (χ2n) is 5.98. The molecule has 2 N–H and O–H groups in total. The Labute approximate surface area is 125 Å². The number of carbonyl (C=O) groups excluding carboxylic acids is 1. The summed E-state index contributed by atoms with van der Waals surface area (Å²) in [6.07, 6.45) is 1.57. The SMILES string of the molecule is CCN1CCCC1CN(C)C(=O)N1C[C@H](O)C[C@H]1C(=O)O. The molecule has 1 unspecified atom stereocenters. The highest BCUT2D eigenvalue weighted by Crippen LogP contribution is 2.22. The molecule has 120 valence electrons. The number of aliphatic hydroxyl groups is 1. The van der Waals surface area contributed by atoms with Crippen molar-refractivity contribution in [2.24, 2.45) is 0 Å². The van der Waals surface area contributed by atoms with Crippen molar-refractivity contribution in [1.29, 1.82) is 0 Å². The zero-order valence-corrected chi connectivity index (χ0v) is 12.7. The van der Waals surface area contributed by atoms with E-state index in [-0.39, 0.29) is 19.0 Å². The lowest BCUT2D eigenvalue weighted by molar-refractivity contribution is -0.141. The van der Waals surface area contributed by atoms with Gasteiger partial charge in [-0.25, -0.2) is 9.59 Å².